The first-order valence-corrected chi connectivity index (χ1v) is 6.14. The predicted molar refractivity (Wildman–Crippen MR) is 64.0 cm³/mol. The number of carbonyl (C=O) groups excluding carboxylic acids is 1. The molecule has 0 spiro atoms. The third-order valence-corrected chi connectivity index (χ3v) is 2.92. The molecule has 0 bridgehead atoms. The Labute approximate surface area is 95.1 Å². The van der Waals surface area contributed by atoms with E-state index >= 15 is 0 Å². The summed E-state index contributed by atoms with van der Waals surface area (Å²) in [5.74, 6) is 0.196. The van der Waals surface area contributed by atoms with Gasteiger partial charge < -0.3 is 10.2 Å². The van der Waals surface area contributed by atoms with E-state index < -0.39 is 0 Å². The predicted octanol–water partition coefficient (Wildman–Crippen LogP) is 1.71. The Bertz CT molecular complexity index is 285. The van der Waals surface area contributed by atoms with Crippen molar-refractivity contribution in [2.24, 2.45) is 0 Å². The molecule has 0 unspecified atom stereocenters. The van der Waals surface area contributed by atoms with E-state index in [0.29, 0.717) is 13.0 Å². The maximum absolute atomic E-state index is 11.6. The normalized spacial score (nSPS) is 10.3. The summed E-state index contributed by atoms with van der Waals surface area (Å²) >= 11 is 1.66. The monoisotopic (exact) mass is 226 g/mol. The number of rotatable bonds is 6. The second-order valence-corrected chi connectivity index (χ2v) is 4.26. The van der Waals surface area contributed by atoms with Crippen LogP contribution in [0.1, 0.15) is 18.9 Å². The highest BCUT2D eigenvalue weighted by Crippen LogP contribution is 2.08. The zero-order valence-corrected chi connectivity index (χ0v) is 10.1. The van der Waals surface area contributed by atoms with Gasteiger partial charge in [0, 0.05) is 26.6 Å². The summed E-state index contributed by atoms with van der Waals surface area (Å²) in [6.07, 6.45) is 0.578. The second-order valence-electron chi connectivity index (χ2n) is 3.48. The highest BCUT2D eigenvalue weighted by molar-refractivity contribution is 7.07. The van der Waals surface area contributed by atoms with Gasteiger partial charge in [0.25, 0.3) is 0 Å². The highest BCUT2D eigenvalue weighted by atomic mass is 32.1. The minimum absolute atomic E-state index is 0.196. The molecule has 15 heavy (non-hydrogen) atoms. The highest BCUT2D eigenvalue weighted by Gasteiger charge is 2.08. The lowest BCUT2D eigenvalue weighted by molar-refractivity contribution is -0.130. The van der Waals surface area contributed by atoms with E-state index in [2.05, 4.69) is 16.8 Å². The van der Waals surface area contributed by atoms with Gasteiger partial charge >= 0.3 is 0 Å². The van der Waals surface area contributed by atoms with Gasteiger partial charge in [-0.1, -0.05) is 6.92 Å². The second kappa shape index (κ2) is 6.58. The molecule has 1 heterocycles. The smallest absolute Gasteiger partial charge is 0.223 e. The number of nitrogens with zero attached hydrogens (tertiary/aromatic N) is 1. The summed E-state index contributed by atoms with van der Waals surface area (Å²) in [5, 5.41) is 7.26. The van der Waals surface area contributed by atoms with E-state index in [1.54, 1.807) is 16.2 Å². The van der Waals surface area contributed by atoms with Crippen LogP contribution in [0.15, 0.2) is 16.8 Å². The Balaban J connectivity index is 2.27. The molecular formula is C11H18N2OS. The largest absolute Gasteiger partial charge is 0.341 e. The van der Waals surface area contributed by atoms with Crippen LogP contribution in [0.5, 0.6) is 0 Å². The van der Waals surface area contributed by atoms with Crippen LogP contribution in [0.3, 0.4) is 0 Å². The lowest BCUT2D eigenvalue weighted by Crippen LogP contribution is -2.29. The van der Waals surface area contributed by atoms with Crippen LogP contribution >= 0.6 is 11.3 Å². The summed E-state index contributed by atoms with van der Waals surface area (Å²) in [4.78, 5) is 13.4. The molecule has 0 aliphatic carbocycles. The van der Waals surface area contributed by atoms with Gasteiger partial charge in [-0.15, -0.1) is 0 Å². The topological polar surface area (TPSA) is 32.3 Å². The fourth-order valence-electron chi connectivity index (χ4n) is 1.31. The summed E-state index contributed by atoms with van der Waals surface area (Å²) in [5.41, 5.74) is 1.21. The van der Waals surface area contributed by atoms with Crippen LogP contribution in [-0.4, -0.2) is 30.9 Å². The van der Waals surface area contributed by atoms with E-state index in [9.17, 15) is 4.79 Å². The Morgan fingerprint density at radius 3 is 3.00 bits per heavy atom. The molecular weight excluding hydrogens is 208 g/mol. The number of amides is 1. The number of hydrogen-bond acceptors (Lipinski definition) is 3. The number of carbonyl (C=O) groups is 1. The Hall–Kier alpha value is -0.870. The molecule has 1 N–H and O–H groups in total. The summed E-state index contributed by atoms with van der Waals surface area (Å²) in [6, 6.07) is 2.05. The molecule has 0 atom stereocenters. The van der Waals surface area contributed by atoms with E-state index in [0.717, 1.165) is 13.1 Å². The van der Waals surface area contributed by atoms with Gasteiger partial charge in [0.15, 0.2) is 0 Å². The molecule has 0 saturated heterocycles. The SMILES string of the molecule is CCNCCC(=O)N(C)Cc1ccsc1. The molecule has 0 fully saturated rings. The van der Waals surface area contributed by atoms with Crippen molar-refractivity contribution < 1.29 is 4.79 Å². The van der Waals surface area contributed by atoms with Crippen LogP contribution < -0.4 is 5.32 Å². The van der Waals surface area contributed by atoms with Crippen molar-refractivity contribution in [3.8, 4) is 0 Å². The molecule has 1 amide bonds. The summed E-state index contributed by atoms with van der Waals surface area (Å²) in [7, 11) is 1.85. The zero-order valence-electron chi connectivity index (χ0n) is 9.32. The van der Waals surface area contributed by atoms with Crippen molar-refractivity contribution in [1.82, 2.24) is 10.2 Å². The fraction of sp³-hybridized carbons (Fsp3) is 0.545. The molecule has 1 rings (SSSR count). The number of nitrogens with one attached hydrogen (secondary N) is 1. The molecule has 1 aromatic heterocycles. The van der Waals surface area contributed by atoms with Gasteiger partial charge in [-0.3, -0.25) is 4.79 Å². The quantitative estimate of drug-likeness (QED) is 0.749. The maximum Gasteiger partial charge on any atom is 0.223 e. The first-order chi connectivity index (χ1) is 7.24. The maximum atomic E-state index is 11.6. The molecule has 4 heteroatoms. The molecule has 0 saturated carbocycles. The van der Waals surface area contributed by atoms with Crippen molar-refractivity contribution >= 4 is 17.2 Å². The number of thiophene rings is 1. The zero-order chi connectivity index (χ0) is 11.1. The minimum atomic E-state index is 0.196. The van der Waals surface area contributed by atoms with Crippen molar-refractivity contribution in [2.75, 3.05) is 20.1 Å². The number of hydrogen-bond donors (Lipinski definition) is 1. The molecule has 3 nitrogen and oxygen atoms in total. The Morgan fingerprint density at radius 2 is 2.40 bits per heavy atom. The van der Waals surface area contributed by atoms with E-state index in [4.69, 9.17) is 0 Å². The summed E-state index contributed by atoms with van der Waals surface area (Å²) < 4.78 is 0. The average Bonchev–Trinajstić information content (AvgIpc) is 2.70. The van der Waals surface area contributed by atoms with Crippen molar-refractivity contribution in [3.63, 3.8) is 0 Å². The lowest BCUT2D eigenvalue weighted by atomic mass is 10.3. The van der Waals surface area contributed by atoms with Gasteiger partial charge in [0.05, 0.1) is 0 Å². The Kier molecular flexibility index (Phi) is 5.36. The third-order valence-electron chi connectivity index (χ3n) is 2.19. The van der Waals surface area contributed by atoms with Gasteiger partial charge in [0.2, 0.25) is 5.91 Å². The van der Waals surface area contributed by atoms with E-state index in [-0.39, 0.29) is 5.91 Å². The van der Waals surface area contributed by atoms with Gasteiger partial charge in [-0.05, 0) is 28.9 Å². The van der Waals surface area contributed by atoms with Crippen molar-refractivity contribution in [1.29, 1.82) is 0 Å². The molecule has 1 aromatic rings. The van der Waals surface area contributed by atoms with Gasteiger partial charge in [-0.2, -0.15) is 11.3 Å². The van der Waals surface area contributed by atoms with E-state index in [1.165, 1.54) is 5.56 Å². The first kappa shape index (κ1) is 12.2. The molecule has 84 valence electrons. The lowest BCUT2D eigenvalue weighted by Gasteiger charge is -2.16. The minimum Gasteiger partial charge on any atom is -0.341 e. The Morgan fingerprint density at radius 1 is 1.60 bits per heavy atom. The van der Waals surface area contributed by atoms with Crippen LogP contribution in [-0.2, 0) is 11.3 Å². The van der Waals surface area contributed by atoms with Crippen LogP contribution in [0.25, 0.3) is 0 Å². The molecule has 0 radical (unpaired) electrons. The van der Waals surface area contributed by atoms with E-state index in [1.807, 2.05) is 19.4 Å². The molecule has 0 aliphatic rings. The van der Waals surface area contributed by atoms with Gasteiger partial charge in [-0.25, -0.2) is 0 Å². The van der Waals surface area contributed by atoms with Crippen molar-refractivity contribution in [3.05, 3.63) is 22.4 Å². The van der Waals surface area contributed by atoms with Crippen LogP contribution in [0.4, 0.5) is 0 Å². The van der Waals surface area contributed by atoms with Gasteiger partial charge in [0.1, 0.15) is 0 Å². The molecule has 0 aliphatic heterocycles. The average molecular weight is 226 g/mol. The van der Waals surface area contributed by atoms with Crippen LogP contribution in [0, 0.1) is 0 Å². The third kappa shape index (κ3) is 4.44. The first-order valence-electron chi connectivity index (χ1n) is 5.19. The summed E-state index contributed by atoms with van der Waals surface area (Å²) in [6.45, 7) is 4.44. The molecule has 0 aromatic carbocycles. The standard InChI is InChI=1S/C11H18N2OS/c1-3-12-6-4-11(14)13(2)8-10-5-7-15-9-10/h5,7,9,12H,3-4,6,8H2,1-2H3. The van der Waals surface area contributed by atoms with Crippen molar-refractivity contribution in [2.45, 2.75) is 19.9 Å². The fourth-order valence-corrected chi connectivity index (χ4v) is 1.97. The van der Waals surface area contributed by atoms with Crippen LogP contribution in [0.2, 0.25) is 0 Å².